The Morgan fingerprint density at radius 1 is 0.276 bits per heavy atom. The zero-order valence-electron chi connectivity index (χ0n) is 69.2. The van der Waals surface area contributed by atoms with Gasteiger partial charge in [-0.05, 0) is 43.4 Å². The number of aliphatic hydroxyl groups is 1. The molecule has 0 amide bonds. The molecule has 0 fully saturated rings. The number of carbonyl (C=O) groups excluding carboxylic acids is 4. The lowest BCUT2D eigenvalue weighted by atomic mass is 9.99. The molecule has 7 atom stereocenters. The Hall–Kier alpha value is -1.94. The number of unbranched alkanes of at least 4 members (excludes halogenated alkanes) is 50. The molecule has 0 saturated heterocycles. The van der Waals surface area contributed by atoms with E-state index in [1.54, 1.807) is 0 Å². The van der Waals surface area contributed by atoms with E-state index < -0.39 is 97.5 Å². The van der Waals surface area contributed by atoms with Gasteiger partial charge in [0.15, 0.2) is 12.2 Å². The predicted octanol–water partition coefficient (Wildman–Crippen LogP) is 26.1. The molecular formula is C86H168O17P2. The maximum absolute atomic E-state index is 13.2. The van der Waals surface area contributed by atoms with Crippen molar-refractivity contribution in [2.24, 2.45) is 17.8 Å². The Labute approximate surface area is 645 Å². The van der Waals surface area contributed by atoms with Gasteiger partial charge in [0.2, 0.25) is 0 Å². The summed E-state index contributed by atoms with van der Waals surface area (Å²) in [4.78, 5) is 73.2. The van der Waals surface area contributed by atoms with Crippen molar-refractivity contribution in [2.75, 3.05) is 39.6 Å². The van der Waals surface area contributed by atoms with Crippen LogP contribution in [-0.4, -0.2) is 96.7 Å². The van der Waals surface area contributed by atoms with E-state index in [0.717, 1.165) is 108 Å². The number of aliphatic hydroxyl groups excluding tert-OH is 1. The number of esters is 4. The number of phosphoric ester groups is 2. The summed E-state index contributed by atoms with van der Waals surface area (Å²) < 4.78 is 68.9. The number of ether oxygens (including phenoxy) is 4. The van der Waals surface area contributed by atoms with E-state index in [4.69, 9.17) is 37.0 Å². The van der Waals surface area contributed by atoms with Crippen LogP contribution >= 0.6 is 15.6 Å². The minimum atomic E-state index is -4.97. The van der Waals surface area contributed by atoms with E-state index in [1.165, 1.54) is 263 Å². The van der Waals surface area contributed by atoms with Crippen molar-refractivity contribution in [3.8, 4) is 0 Å². The zero-order valence-corrected chi connectivity index (χ0v) is 71.0. The van der Waals surface area contributed by atoms with E-state index in [2.05, 4.69) is 48.5 Å². The molecule has 19 heteroatoms. The van der Waals surface area contributed by atoms with E-state index in [9.17, 15) is 43.2 Å². The topological polar surface area (TPSA) is 237 Å². The van der Waals surface area contributed by atoms with E-state index in [1.807, 2.05) is 0 Å². The Bertz CT molecular complexity index is 2030. The lowest BCUT2D eigenvalue weighted by Crippen LogP contribution is -2.30. The van der Waals surface area contributed by atoms with Gasteiger partial charge in [-0.1, -0.05) is 402 Å². The average Bonchev–Trinajstić information content (AvgIpc) is 0.904. The van der Waals surface area contributed by atoms with Crippen LogP contribution in [0.5, 0.6) is 0 Å². The SMILES string of the molecule is CCCCCCCCCCCCCCCCC(=O)O[C@H](COC(=O)CCCCCCCCCCC(C)CC)COP(=O)(O)OC[C@H](O)COP(=O)(O)OC[C@@H](COC(=O)CCCCCCCCCCCCCCCCC(C)CC)OC(=O)CCCCCCCCCCCCCCCCCCCCC(C)C. The molecule has 105 heavy (non-hydrogen) atoms. The highest BCUT2D eigenvalue weighted by atomic mass is 31.2. The molecule has 0 bridgehead atoms. The van der Waals surface area contributed by atoms with Gasteiger partial charge < -0.3 is 33.8 Å². The fourth-order valence-electron chi connectivity index (χ4n) is 13.3. The van der Waals surface area contributed by atoms with Crippen LogP contribution in [0, 0.1) is 17.8 Å². The predicted molar refractivity (Wildman–Crippen MR) is 432 cm³/mol. The Morgan fingerprint density at radius 2 is 0.486 bits per heavy atom. The van der Waals surface area contributed by atoms with E-state index in [-0.39, 0.29) is 25.7 Å². The molecule has 0 heterocycles. The van der Waals surface area contributed by atoms with Gasteiger partial charge in [-0.3, -0.25) is 37.3 Å². The summed E-state index contributed by atoms with van der Waals surface area (Å²) >= 11 is 0. The van der Waals surface area contributed by atoms with Gasteiger partial charge in [0, 0.05) is 25.7 Å². The van der Waals surface area contributed by atoms with Crippen LogP contribution in [0.4, 0.5) is 0 Å². The fourth-order valence-corrected chi connectivity index (χ4v) is 14.9. The second kappa shape index (κ2) is 76.1. The first kappa shape index (κ1) is 103. The summed E-state index contributed by atoms with van der Waals surface area (Å²) in [6.07, 6.45) is 66.5. The normalized spacial score (nSPS) is 14.4. The third-order valence-corrected chi connectivity index (χ3v) is 22.8. The van der Waals surface area contributed by atoms with Crippen molar-refractivity contribution in [3.63, 3.8) is 0 Å². The van der Waals surface area contributed by atoms with Crippen molar-refractivity contribution < 1.29 is 80.2 Å². The minimum Gasteiger partial charge on any atom is -0.462 e. The van der Waals surface area contributed by atoms with Gasteiger partial charge in [-0.25, -0.2) is 9.13 Å². The Kier molecular flexibility index (Phi) is 74.7. The molecule has 3 N–H and O–H groups in total. The Balaban J connectivity index is 5.25. The van der Waals surface area contributed by atoms with Crippen LogP contribution in [0.1, 0.15) is 453 Å². The van der Waals surface area contributed by atoms with Gasteiger partial charge in [0.1, 0.15) is 19.3 Å². The van der Waals surface area contributed by atoms with Gasteiger partial charge in [-0.15, -0.1) is 0 Å². The fraction of sp³-hybridized carbons (Fsp3) is 0.953. The summed E-state index contributed by atoms with van der Waals surface area (Å²) in [6.45, 7) is 12.1. The molecule has 0 saturated carbocycles. The molecule has 17 nitrogen and oxygen atoms in total. The summed E-state index contributed by atoms with van der Waals surface area (Å²) in [5, 5.41) is 10.7. The molecule has 0 aliphatic rings. The number of hydrogen-bond donors (Lipinski definition) is 3. The molecule has 0 radical (unpaired) electrons. The van der Waals surface area contributed by atoms with Gasteiger partial charge in [0.05, 0.1) is 26.4 Å². The first-order chi connectivity index (χ1) is 50.8. The number of hydrogen-bond acceptors (Lipinski definition) is 15. The number of phosphoric acid groups is 2. The summed E-state index contributed by atoms with van der Waals surface area (Å²) in [6, 6.07) is 0. The van der Waals surface area contributed by atoms with Crippen molar-refractivity contribution in [2.45, 2.75) is 471 Å². The maximum Gasteiger partial charge on any atom is 0.472 e. The number of rotatable bonds is 84. The maximum atomic E-state index is 13.2. The first-order valence-corrected chi connectivity index (χ1v) is 47.4. The molecule has 0 aromatic rings. The molecule has 0 aromatic heterocycles. The third kappa shape index (κ3) is 77.2. The lowest BCUT2D eigenvalue weighted by Gasteiger charge is -2.21. The van der Waals surface area contributed by atoms with Crippen molar-refractivity contribution in [3.05, 3.63) is 0 Å². The smallest absolute Gasteiger partial charge is 0.462 e. The third-order valence-electron chi connectivity index (χ3n) is 20.9. The monoisotopic (exact) mass is 1540 g/mol. The van der Waals surface area contributed by atoms with Crippen LogP contribution < -0.4 is 0 Å². The minimum absolute atomic E-state index is 0.108. The lowest BCUT2D eigenvalue weighted by molar-refractivity contribution is -0.161. The largest absolute Gasteiger partial charge is 0.472 e. The summed E-state index contributed by atoms with van der Waals surface area (Å²) in [7, 11) is -9.93. The summed E-state index contributed by atoms with van der Waals surface area (Å²) in [5.41, 5.74) is 0. The quantitative estimate of drug-likeness (QED) is 0.0222. The van der Waals surface area contributed by atoms with Crippen molar-refractivity contribution in [1.29, 1.82) is 0 Å². The second-order valence-corrected chi connectivity index (χ2v) is 34.8. The van der Waals surface area contributed by atoms with Crippen LogP contribution in [0.15, 0.2) is 0 Å². The number of carbonyl (C=O) groups is 4. The van der Waals surface area contributed by atoms with Gasteiger partial charge >= 0.3 is 39.5 Å². The van der Waals surface area contributed by atoms with Crippen LogP contribution in [0.25, 0.3) is 0 Å². The highest BCUT2D eigenvalue weighted by Gasteiger charge is 2.30. The van der Waals surface area contributed by atoms with Crippen molar-refractivity contribution in [1.82, 2.24) is 0 Å². The molecule has 0 spiro atoms. The standard InChI is InChI=1S/C86H168O17P2/c1-8-11-12-13-14-15-16-17-28-34-39-48-55-62-69-85(90)103-82(74-97-84(89)68-61-54-47-42-41-45-52-59-66-79(7)10-3)76-101-105(94,95)99-72-80(87)71-98-104(92,93)100-75-81(73-96-83(88)67-60-53-46-38-33-29-25-24-27-32-37-44-51-58-65-78(6)9-2)102-86(91)70-63-56-49-40-35-30-23-21-19-18-20-22-26-31-36-43-50-57-64-77(4)5/h77-82,87H,8-76H2,1-7H3,(H,92,93)(H,94,95)/t78?,79?,80-,81-,82-/m1/s1. The second-order valence-electron chi connectivity index (χ2n) is 31.9. The molecule has 0 aromatic carbocycles. The van der Waals surface area contributed by atoms with Crippen molar-refractivity contribution >= 4 is 39.5 Å². The van der Waals surface area contributed by atoms with Crippen LogP contribution in [-0.2, 0) is 65.4 Å². The van der Waals surface area contributed by atoms with Crippen LogP contribution in [0.3, 0.4) is 0 Å². The highest BCUT2D eigenvalue weighted by Crippen LogP contribution is 2.45. The molecule has 0 aliphatic carbocycles. The molecular weight excluding hydrogens is 1370 g/mol. The Morgan fingerprint density at radius 3 is 0.724 bits per heavy atom. The molecule has 0 rings (SSSR count). The van der Waals surface area contributed by atoms with Gasteiger partial charge in [0.25, 0.3) is 0 Å². The highest BCUT2D eigenvalue weighted by molar-refractivity contribution is 7.47. The molecule has 4 unspecified atom stereocenters. The van der Waals surface area contributed by atoms with Crippen LogP contribution in [0.2, 0.25) is 0 Å². The molecule has 0 aliphatic heterocycles. The summed E-state index contributed by atoms with van der Waals surface area (Å²) in [5.74, 6) is 0.345. The molecule has 624 valence electrons. The first-order valence-electron chi connectivity index (χ1n) is 44.4. The zero-order chi connectivity index (χ0) is 77.2. The van der Waals surface area contributed by atoms with Gasteiger partial charge in [-0.2, -0.15) is 0 Å². The van der Waals surface area contributed by atoms with E-state index in [0.29, 0.717) is 25.7 Å². The van der Waals surface area contributed by atoms with E-state index >= 15 is 0 Å². The average molecular weight is 1540 g/mol.